The number of nitrogens with zero attached hydrogens (tertiary/aromatic N) is 6. The molecule has 8 rings (SSSR count). The molecule has 0 aliphatic heterocycles. The first-order valence-corrected chi connectivity index (χ1v) is 15.7. The summed E-state index contributed by atoms with van der Waals surface area (Å²) in [5.74, 6) is 1.90. The minimum absolute atomic E-state index is 0.622. The van der Waals surface area contributed by atoms with Gasteiger partial charge in [0.15, 0.2) is 17.5 Å². The highest BCUT2D eigenvalue weighted by molar-refractivity contribution is 5.80. The molecule has 4 aromatic carbocycles. The maximum atomic E-state index is 4.98. The highest BCUT2D eigenvalue weighted by atomic mass is 15.0. The van der Waals surface area contributed by atoms with Crippen molar-refractivity contribution in [2.45, 2.75) is 0 Å². The molecule has 0 bridgehead atoms. The topological polar surface area (TPSA) is 77.3 Å². The molecule has 4 heterocycles. The molecule has 226 valence electrons. The number of rotatable bonds is 7. The minimum atomic E-state index is 0.622. The Morgan fingerprint density at radius 2 is 0.667 bits per heavy atom. The second-order valence-electron chi connectivity index (χ2n) is 11.3. The zero-order chi connectivity index (χ0) is 32.1. The maximum absolute atomic E-state index is 4.98. The molecular weight excluding hydrogens is 589 g/mol. The zero-order valence-electron chi connectivity index (χ0n) is 25.8. The van der Waals surface area contributed by atoms with Gasteiger partial charge in [-0.05, 0) is 70.8 Å². The molecule has 6 heteroatoms. The van der Waals surface area contributed by atoms with Crippen molar-refractivity contribution in [2.75, 3.05) is 0 Å². The molecule has 0 unspecified atom stereocenters. The Labute approximate surface area is 278 Å². The van der Waals surface area contributed by atoms with E-state index in [0.717, 1.165) is 61.5 Å². The Bertz CT molecular complexity index is 2040. The van der Waals surface area contributed by atoms with E-state index in [9.17, 15) is 0 Å². The lowest BCUT2D eigenvalue weighted by molar-refractivity contribution is 1.07. The number of hydrogen-bond acceptors (Lipinski definition) is 6. The molecule has 4 aromatic heterocycles. The van der Waals surface area contributed by atoms with Gasteiger partial charge < -0.3 is 0 Å². The minimum Gasteiger partial charge on any atom is -0.264 e. The van der Waals surface area contributed by atoms with Crippen molar-refractivity contribution in [2.24, 2.45) is 0 Å². The van der Waals surface area contributed by atoms with Gasteiger partial charge in [-0.25, -0.2) is 19.9 Å². The fourth-order valence-electron chi connectivity index (χ4n) is 5.68. The van der Waals surface area contributed by atoms with E-state index in [1.165, 1.54) is 0 Å². The first kappa shape index (κ1) is 28.8. The van der Waals surface area contributed by atoms with Crippen LogP contribution in [0.2, 0.25) is 0 Å². The highest BCUT2D eigenvalue weighted by Gasteiger charge is 2.14. The summed E-state index contributed by atoms with van der Waals surface area (Å²) in [6.45, 7) is 0. The number of aromatic nitrogens is 6. The summed E-state index contributed by atoms with van der Waals surface area (Å²) in [6.07, 6.45) is 7.23. The zero-order valence-corrected chi connectivity index (χ0v) is 25.8. The van der Waals surface area contributed by atoms with Gasteiger partial charge in [0, 0.05) is 52.6 Å². The third kappa shape index (κ3) is 6.10. The summed E-state index contributed by atoms with van der Waals surface area (Å²) >= 11 is 0. The molecule has 0 radical (unpaired) electrons. The van der Waals surface area contributed by atoms with Crippen molar-refractivity contribution in [3.05, 3.63) is 170 Å². The lowest BCUT2D eigenvalue weighted by Crippen LogP contribution is -2.00. The van der Waals surface area contributed by atoms with Gasteiger partial charge in [0.25, 0.3) is 0 Å². The lowest BCUT2D eigenvalue weighted by Gasteiger charge is -2.12. The molecule has 0 saturated carbocycles. The van der Waals surface area contributed by atoms with Gasteiger partial charge in [-0.3, -0.25) is 9.97 Å². The molecular formula is C42H28N6. The first-order chi connectivity index (χ1) is 23.8. The van der Waals surface area contributed by atoms with Crippen LogP contribution in [0.3, 0.4) is 0 Å². The monoisotopic (exact) mass is 616 g/mol. The van der Waals surface area contributed by atoms with E-state index in [-0.39, 0.29) is 0 Å². The molecule has 48 heavy (non-hydrogen) atoms. The van der Waals surface area contributed by atoms with Crippen LogP contribution < -0.4 is 0 Å². The second kappa shape index (κ2) is 13.0. The quantitative estimate of drug-likeness (QED) is 0.177. The van der Waals surface area contributed by atoms with Crippen molar-refractivity contribution < 1.29 is 0 Å². The third-order valence-corrected chi connectivity index (χ3v) is 8.09. The Hall–Kier alpha value is -6.66. The number of pyridine rings is 3. The van der Waals surface area contributed by atoms with Gasteiger partial charge in [0.2, 0.25) is 0 Å². The summed E-state index contributed by atoms with van der Waals surface area (Å²) in [5, 5.41) is 0. The predicted molar refractivity (Wildman–Crippen MR) is 191 cm³/mol. The standard InChI is InChI=1S/C42H28N6/c1-3-11-29(12-4-1)40-46-41(30-13-5-2-6-14-30)48-42(47-40)34-18-8-16-32(24-34)31-15-7-17-33(23-31)37-25-38(35-19-9-21-43-27-35)45-39(26-37)36-20-10-22-44-28-36/h1-28H. The normalized spacial score (nSPS) is 10.9. The third-order valence-electron chi connectivity index (χ3n) is 8.09. The van der Waals surface area contributed by atoms with Crippen molar-refractivity contribution in [3.63, 3.8) is 0 Å². The van der Waals surface area contributed by atoms with Crippen molar-refractivity contribution in [1.82, 2.24) is 29.9 Å². The van der Waals surface area contributed by atoms with Crippen LogP contribution in [0.25, 0.3) is 78.9 Å². The maximum Gasteiger partial charge on any atom is 0.164 e. The fraction of sp³-hybridized carbons (Fsp3) is 0. The smallest absolute Gasteiger partial charge is 0.164 e. The Kier molecular flexibility index (Phi) is 7.79. The van der Waals surface area contributed by atoms with Gasteiger partial charge >= 0.3 is 0 Å². The van der Waals surface area contributed by atoms with Gasteiger partial charge in [0.05, 0.1) is 11.4 Å². The van der Waals surface area contributed by atoms with Crippen molar-refractivity contribution >= 4 is 0 Å². The summed E-state index contributed by atoms with van der Waals surface area (Å²) in [7, 11) is 0. The molecule has 0 N–H and O–H groups in total. The van der Waals surface area contributed by atoms with E-state index in [4.69, 9.17) is 19.9 Å². The van der Waals surface area contributed by atoms with E-state index in [2.05, 4.69) is 70.6 Å². The second-order valence-corrected chi connectivity index (χ2v) is 11.3. The van der Waals surface area contributed by atoms with Crippen molar-refractivity contribution in [3.8, 4) is 78.9 Å². The number of hydrogen-bond donors (Lipinski definition) is 0. The molecule has 0 amide bonds. The molecule has 0 fully saturated rings. The Morgan fingerprint density at radius 1 is 0.271 bits per heavy atom. The molecule has 0 aliphatic carbocycles. The van der Waals surface area contributed by atoms with Crippen LogP contribution in [-0.2, 0) is 0 Å². The van der Waals surface area contributed by atoms with Crippen LogP contribution in [0, 0.1) is 0 Å². The summed E-state index contributed by atoms with van der Waals surface area (Å²) in [5.41, 5.74) is 10.7. The van der Waals surface area contributed by atoms with Crippen LogP contribution in [0.1, 0.15) is 0 Å². The fourth-order valence-corrected chi connectivity index (χ4v) is 5.68. The van der Waals surface area contributed by atoms with E-state index in [0.29, 0.717) is 17.5 Å². The number of benzene rings is 4. The molecule has 6 nitrogen and oxygen atoms in total. The van der Waals surface area contributed by atoms with Crippen LogP contribution in [0.4, 0.5) is 0 Å². The van der Waals surface area contributed by atoms with Crippen LogP contribution >= 0.6 is 0 Å². The summed E-state index contributed by atoms with van der Waals surface area (Å²) in [4.78, 5) is 28.4. The van der Waals surface area contributed by atoms with Gasteiger partial charge in [-0.2, -0.15) is 0 Å². The van der Waals surface area contributed by atoms with Gasteiger partial charge in [0.1, 0.15) is 0 Å². The lowest BCUT2D eigenvalue weighted by atomic mass is 9.96. The molecule has 0 atom stereocenters. The van der Waals surface area contributed by atoms with Gasteiger partial charge in [-0.15, -0.1) is 0 Å². The van der Waals surface area contributed by atoms with Gasteiger partial charge in [-0.1, -0.05) is 97.1 Å². The van der Waals surface area contributed by atoms with Crippen LogP contribution in [0.15, 0.2) is 170 Å². The van der Waals surface area contributed by atoms with E-state index in [1.807, 2.05) is 97.3 Å². The van der Waals surface area contributed by atoms with E-state index < -0.39 is 0 Å². The molecule has 0 saturated heterocycles. The van der Waals surface area contributed by atoms with E-state index >= 15 is 0 Å². The average molecular weight is 617 g/mol. The summed E-state index contributed by atoms with van der Waals surface area (Å²) < 4.78 is 0. The predicted octanol–water partition coefficient (Wildman–Crippen LogP) is 9.73. The average Bonchev–Trinajstić information content (AvgIpc) is 3.19. The van der Waals surface area contributed by atoms with Crippen molar-refractivity contribution in [1.29, 1.82) is 0 Å². The van der Waals surface area contributed by atoms with E-state index in [1.54, 1.807) is 12.4 Å². The molecule has 0 spiro atoms. The summed E-state index contributed by atoms with van der Waals surface area (Å²) in [6, 6.07) is 49.2. The van der Waals surface area contributed by atoms with Crippen LogP contribution in [-0.4, -0.2) is 29.9 Å². The SMILES string of the molecule is c1ccc(-c2nc(-c3ccccc3)nc(-c3cccc(-c4cccc(-c5cc(-c6cccnc6)nc(-c6cccnc6)c5)c4)c3)n2)cc1. The Morgan fingerprint density at radius 3 is 1.15 bits per heavy atom. The molecule has 0 aliphatic rings. The first-order valence-electron chi connectivity index (χ1n) is 15.7. The van der Waals surface area contributed by atoms with Crippen LogP contribution in [0.5, 0.6) is 0 Å². The Balaban J connectivity index is 1.21. The highest BCUT2D eigenvalue weighted by Crippen LogP contribution is 2.33. The largest absolute Gasteiger partial charge is 0.264 e. The molecule has 8 aromatic rings.